The van der Waals surface area contributed by atoms with E-state index in [0.29, 0.717) is 51.4 Å². The Morgan fingerprint density at radius 1 is 1.14 bits per heavy atom. The van der Waals surface area contributed by atoms with E-state index in [1.54, 1.807) is 32.6 Å². The summed E-state index contributed by atoms with van der Waals surface area (Å²) in [7, 11) is 0. The fraction of sp³-hybridized carbons (Fsp3) is 0.357. The van der Waals surface area contributed by atoms with Crippen molar-refractivity contribution in [3.63, 3.8) is 0 Å². The van der Waals surface area contributed by atoms with E-state index in [1.807, 2.05) is 0 Å². The van der Waals surface area contributed by atoms with Crippen molar-refractivity contribution in [3.05, 3.63) is 52.9 Å². The zero-order valence-corrected chi connectivity index (χ0v) is 24.2. The number of rotatable bonds is 6. The van der Waals surface area contributed by atoms with Crippen molar-refractivity contribution < 1.29 is 38.5 Å². The summed E-state index contributed by atoms with van der Waals surface area (Å²) >= 11 is 1.05. The van der Waals surface area contributed by atoms with Crippen molar-refractivity contribution in [2.45, 2.75) is 52.2 Å². The quantitative estimate of drug-likeness (QED) is 0.272. The molecule has 0 radical (unpaired) electrons. The highest BCUT2D eigenvalue weighted by Crippen LogP contribution is 2.37. The van der Waals surface area contributed by atoms with Crippen LogP contribution in [0, 0.1) is 12.7 Å². The number of ether oxygens (including phenoxy) is 2. The van der Waals surface area contributed by atoms with Gasteiger partial charge in [-0.25, -0.2) is 23.9 Å². The van der Waals surface area contributed by atoms with E-state index in [0.717, 1.165) is 11.3 Å². The van der Waals surface area contributed by atoms with Crippen molar-refractivity contribution in [1.29, 1.82) is 0 Å². The number of aryl methyl sites for hydroxylation is 1. The van der Waals surface area contributed by atoms with Gasteiger partial charge in [0.15, 0.2) is 0 Å². The van der Waals surface area contributed by atoms with Gasteiger partial charge in [-0.05, 0) is 58.2 Å². The van der Waals surface area contributed by atoms with Crippen molar-refractivity contribution >= 4 is 45.1 Å². The van der Waals surface area contributed by atoms with Gasteiger partial charge in [-0.1, -0.05) is 0 Å². The molecule has 0 bridgehead atoms. The standard InChI is InChI=1S/C28H30FN5O7S/c1-15-22-24(30-14-31-25(22)42-23(15)26(37)41-34-20(35)9-10-21(34)36)32-18-8-7-16(29)12-19(18)39-17-6-5-11-33(13-17)27(38)40-28(2,3)4/h7-10,12,14,17,35-36H,5-6,11,13H2,1-4H3,(H,30,31,32). The van der Waals surface area contributed by atoms with Gasteiger partial charge in [0, 0.05) is 24.7 Å². The first-order valence-electron chi connectivity index (χ1n) is 13.2. The van der Waals surface area contributed by atoms with Crippen LogP contribution in [0.4, 0.5) is 20.7 Å². The average molecular weight is 600 g/mol. The Morgan fingerprint density at radius 3 is 2.60 bits per heavy atom. The number of fused-ring (bicyclic) bond motifs is 1. The topological polar surface area (TPSA) is 148 Å². The number of piperidine rings is 1. The predicted octanol–water partition coefficient (Wildman–Crippen LogP) is 5.14. The lowest BCUT2D eigenvalue weighted by atomic mass is 10.1. The first kappa shape index (κ1) is 28.9. The normalized spacial score (nSPS) is 15.5. The second kappa shape index (κ2) is 11.4. The first-order chi connectivity index (χ1) is 19.9. The minimum absolute atomic E-state index is 0.182. The zero-order chi connectivity index (χ0) is 30.2. The van der Waals surface area contributed by atoms with Gasteiger partial charge in [-0.2, -0.15) is 0 Å². The maximum atomic E-state index is 14.3. The van der Waals surface area contributed by atoms with E-state index in [9.17, 15) is 24.2 Å². The minimum Gasteiger partial charge on any atom is -0.492 e. The number of halogens is 1. The number of hydrogen-bond donors (Lipinski definition) is 3. The molecule has 222 valence electrons. The molecule has 4 heterocycles. The number of thiophene rings is 1. The summed E-state index contributed by atoms with van der Waals surface area (Å²) in [6.07, 6.45) is 1.85. The van der Waals surface area contributed by atoms with Crippen LogP contribution in [0.3, 0.4) is 0 Å². The molecule has 0 aliphatic carbocycles. The Balaban J connectivity index is 1.38. The van der Waals surface area contributed by atoms with Crippen molar-refractivity contribution in [1.82, 2.24) is 19.6 Å². The van der Waals surface area contributed by atoms with Gasteiger partial charge < -0.3 is 34.7 Å². The van der Waals surface area contributed by atoms with Gasteiger partial charge in [0.2, 0.25) is 11.8 Å². The molecule has 1 fully saturated rings. The first-order valence-corrected chi connectivity index (χ1v) is 14.0. The Labute approximate surface area is 244 Å². The predicted molar refractivity (Wildman–Crippen MR) is 152 cm³/mol. The number of nitrogens with zero attached hydrogens (tertiary/aromatic N) is 4. The van der Waals surface area contributed by atoms with E-state index in [4.69, 9.17) is 14.3 Å². The van der Waals surface area contributed by atoms with Crippen molar-refractivity contribution in [3.8, 4) is 17.5 Å². The zero-order valence-electron chi connectivity index (χ0n) is 23.4. The van der Waals surface area contributed by atoms with Gasteiger partial charge in [0.25, 0.3) is 0 Å². The molecule has 1 aliphatic heterocycles. The summed E-state index contributed by atoms with van der Waals surface area (Å²) in [6, 6.07) is 6.41. The lowest BCUT2D eigenvalue weighted by Gasteiger charge is -2.34. The summed E-state index contributed by atoms with van der Waals surface area (Å²) in [4.78, 5) is 41.5. The monoisotopic (exact) mass is 599 g/mol. The number of benzene rings is 1. The number of hydrogen-bond acceptors (Lipinski definition) is 11. The highest BCUT2D eigenvalue weighted by molar-refractivity contribution is 7.20. The summed E-state index contributed by atoms with van der Waals surface area (Å²) in [5, 5.41) is 23.4. The maximum absolute atomic E-state index is 14.3. The van der Waals surface area contributed by atoms with Gasteiger partial charge in [0.1, 0.15) is 45.1 Å². The number of anilines is 2. The molecule has 1 unspecified atom stereocenters. The molecule has 1 amide bonds. The maximum Gasteiger partial charge on any atom is 0.410 e. The smallest absolute Gasteiger partial charge is 0.410 e. The Kier molecular flexibility index (Phi) is 7.82. The average Bonchev–Trinajstić information content (AvgIpc) is 3.43. The van der Waals surface area contributed by atoms with E-state index in [-0.39, 0.29) is 17.2 Å². The fourth-order valence-electron chi connectivity index (χ4n) is 4.51. The lowest BCUT2D eigenvalue weighted by Crippen LogP contribution is -2.46. The van der Waals surface area contributed by atoms with Crippen LogP contribution in [0.2, 0.25) is 0 Å². The molecule has 0 spiro atoms. The summed E-state index contributed by atoms with van der Waals surface area (Å²) in [6.45, 7) is 7.91. The molecule has 4 aromatic rings. The van der Waals surface area contributed by atoms with Crippen molar-refractivity contribution in [2.75, 3.05) is 18.4 Å². The molecule has 42 heavy (non-hydrogen) atoms. The van der Waals surface area contributed by atoms with E-state index in [1.165, 1.54) is 36.7 Å². The summed E-state index contributed by atoms with van der Waals surface area (Å²) in [5.74, 6) is -1.65. The number of nitrogens with one attached hydrogen (secondary N) is 1. The van der Waals surface area contributed by atoms with Crippen LogP contribution in [-0.2, 0) is 4.74 Å². The van der Waals surface area contributed by atoms with E-state index >= 15 is 0 Å². The second-order valence-corrected chi connectivity index (χ2v) is 11.8. The molecule has 5 rings (SSSR count). The third-order valence-corrected chi connectivity index (χ3v) is 7.58. The molecule has 0 saturated carbocycles. The van der Waals surface area contributed by atoms with Crippen LogP contribution in [0.15, 0.2) is 36.7 Å². The summed E-state index contributed by atoms with van der Waals surface area (Å²) in [5.41, 5.74) is 0.289. The van der Waals surface area contributed by atoms with Crippen molar-refractivity contribution in [2.24, 2.45) is 0 Å². The SMILES string of the molecule is Cc1c(C(=O)On2c(O)ccc2O)sc2ncnc(Nc3ccc(F)cc3OC3CCCN(C(=O)OC(C)(C)C)C3)c12. The van der Waals surface area contributed by atoms with Crippen LogP contribution in [0.25, 0.3) is 10.2 Å². The Bertz CT molecular complexity index is 1630. The summed E-state index contributed by atoms with van der Waals surface area (Å²) < 4.78 is 26.6. The molecule has 1 aliphatic rings. The highest BCUT2D eigenvalue weighted by Gasteiger charge is 2.29. The number of aromatic nitrogens is 3. The number of aromatic hydroxyl groups is 2. The van der Waals surface area contributed by atoms with E-state index < -0.39 is 41.3 Å². The molecule has 12 nitrogen and oxygen atoms in total. The lowest BCUT2D eigenvalue weighted by molar-refractivity contribution is 0.00780. The molecule has 14 heteroatoms. The van der Waals surface area contributed by atoms with Crippen LogP contribution in [0.1, 0.15) is 48.8 Å². The fourth-order valence-corrected chi connectivity index (χ4v) is 5.53. The van der Waals surface area contributed by atoms with Gasteiger partial charge in [-0.3, -0.25) is 0 Å². The number of carbonyl (C=O) groups excluding carboxylic acids is 2. The van der Waals surface area contributed by atoms with Gasteiger partial charge >= 0.3 is 12.1 Å². The number of likely N-dealkylation sites (tertiary alicyclic amines) is 1. The molecule has 1 saturated heterocycles. The molecule has 1 atom stereocenters. The Morgan fingerprint density at radius 2 is 1.88 bits per heavy atom. The minimum atomic E-state index is -0.819. The number of carbonyl (C=O) groups is 2. The van der Waals surface area contributed by atoms with Gasteiger partial charge in [-0.15, -0.1) is 16.1 Å². The highest BCUT2D eigenvalue weighted by atomic mass is 32.1. The third kappa shape index (κ3) is 6.17. The van der Waals surface area contributed by atoms with E-state index in [2.05, 4.69) is 15.3 Å². The third-order valence-electron chi connectivity index (χ3n) is 6.40. The number of amides is 1. The Hall–Kier alpha value is -4.59. The molecular weight excluding hydrogens is 569 g/mol. The van der Waals surface area contributed by atoms with Crippen LogP contribution < -0.4 is 14.9 Å². The largest absolute Gasteiger partial charge is 0.492 e. The van der Waals surface area contributed by atoms with Crippen LogP contribution in [-0.4, -0.2) is 66.7 Å². The van der Waals surface area contributed by atoms with Crippen LogP contribution in [0.5, 0.6) is 17.5 Å². The molecule has 3 N–H and O–H groups in total. The van der Waals surface area contributed by atoms with Gasteiger partial charge in [0.05, 0.1) is 17.6 Å². The van der Waals surface area contributed by atoms with Crippen LogP contribution >= 0.6 is 11.3 Å². The molecular formula is C28H30FN5O7S. The molecule has 3 aromatic heterocycles. The second-order valence-electron chi connectivity index (χ2n) is 10.8. The molecule has 1 aromatic carbocycles.